The van der Waals surface area contributed by atoms with E-state index < -0.39 is 0 Å². The van der Waals surface area contributed by atoms with Gasteiger partial charge in [0.25, 0.3) is 0 Å². The molecular weight excluding hydrogens is 389 g/mol. The summed E-state index contributed by atoms with van der Waals surface area (Å²) in [4.78, 5) is 0. The zero-order valence-corrected chi connectivity index (χ0v) is 13.3. The van der Waals surface area contributed by atoms with Gasteiger partial charge in [0, 0.05) is 9.13 Å². The van der Waals surface area contributed by atoms with Gasteiger partial charge in [0.05, 0.1) is 15.1 Å². The Morgan fingerprint density at radius 3 is 2.29 bits per heavy atom. The molecule has 4 heteroatoms. The van der Waals surface area contributed by atoms with Crippen LogP contribution < -0.4 is 0 Å². The highest BCUT2D eigenvalue weighted by molar-refractivity contribution is 14.1. The van der Waals surface area contributed by atoms with E-state index in [1.165, 1.54) is 9.13 Å². The second-order valence-corrected chi connectivity index (χ2v) is 6.15. The van der Waals surface area contributed by atoms with Crippen molar-refractivity contribution < 1.29 is 0 Å². The van der Waals surface area contributed by atoms with E-state index in [1.807, 2.05) is 6.07 Å². The van der Waals surface area contributed by atoms with Crippen molar-refractivity contribution in [2.75, 3.05) is 0 Å². The smallest absolute Gasteiger partial charge is 0.0784 e. The number of benzene rings is 2. The molecule has 0 atom stereocenters. The minimum absolute atomic E-state index is 0.405. The van der Waals surface area contributed by atoms with Crippen LogP contribution in [0.1, 0.15) is 5.56 Å². The first-order valence-electron chi connectivity index (χ1n) is 4.90. The number of hydrogen-bond acceptors (Lipinski definition) is 0. The average Bonchev–Trinajstić information content (AvgIpc) is 2.24. The predicted molar refractivity (Wildman–Crippen MR) is 84.4 cm³/mol. The van der Waals surface area contributed by atoms with Crippen molar-refractivity contribution in [2.24, 2.45) is 0 Å². The van der Waals surface area contributed by atoms with Crippen LogP contribution in [0, 0.1) is 10.5 Å². The Bertz CT molecular complexity index is 559. The van der Waals surface area contributed by atoms with E-state index in [2.05, 4.69) is 47.7 Å². The molecule has 2 aromatic rings. The molecule has 0 spiro atoms. The first kappa shape index (κ1) is 13.5. The summed E-state index contributed by atoms with van der Waals surface area (Å²) in [5.41, 5.74) is 3.15. The molecule has 0 nitrogen and oxygen atoms in total. The summed E-state index contributed by atoms with van der Waals surface area (Å²) >= 11 is 20.5. The molecule has 0 aromatic heterocycles. The molecule has 0 heterocycles. The topological polar surface area (TPSA) is 0 Å². The lowest BCUT2D eigenvalue weighted by Gasteiger charge is -2.09. The minimum atomic E-state index is 0.405. The molecule has 0 radical (unpaired) electrons. The molecule has 0 bridgehead atoms. The van der Waals surface area contributed by atoms with Gasteiger partial charge >= 0.3 is 0 Å². The maximum absolute atomic E-state index is 6.22. The Labute approximate surface area is 129 Å². The Hall–Kier alpha value is 0.0400. The third kappa shape index (κ3) is 2.90. The summed E-state index contributed by atoms with van der Waals surface area (Å²) in [5.74, 6) is 0. The Morgan fingerprint density at radius 1 is 0.941 bits per heavy atom. The highest BCUT2D eigenvalue weighted by atomic mass is 127. The fourth-order valence-corrected chi connectivity index (χ4v) is 3.11. The summed E-state index contributed by atoms with van der Waals surface area (Å²) in [6.07, 6.45) is 0. The molecule has 17 heavy (non-hydrogen) atoms. The first-order chi connectivity index (χ1) is 7.99. The molecule has 0 fully saturated rings. The lowest BCUT2D eigenvalue weighted by atomic mass is 10.0. The number of halogens is 4. The molecule has 0 saturated heterocycles. The van der Waals surface area contributed by atoms with Gasteiger partial charge in [0.2, 0.25) is 0 Å². The normalized spacial score (nSPS) is 10.6. The van der Waals surface area contributed by atoms with Crippen LogP contribution in [0.15, 0.2) is 30.3 Å². The number of rotatable bonds is 1. The van der Waals surface area contributed by atoms with Crippen LogP contribution in [0.25, 0.3) is 11.1 Å². The molecule has 88 valence electrons. The molecule has 0 amide bonds. The van der Waals surface area contributed by atoms with Crippen molar-refractivity contribution >= 4 is 57.4 Å². The first-order valence-corrected chi connectivity index (χ1v) is 7.11. The number of hydrogen-bond donors (Lipinski definition) is 0. The monoisotopic (exact) mass is 396 g/mol. The van der Waals surface area contributed by atoms with Gasteiger partial charge in [-0.3, -0.25) is 0 Å². The van der Waals surface area contributed by atoms with Crippen LogP contribution in [0.4, 0.5) is 0 Å². The van der Waals surface area contributed by atoms with Crippen LogP contribution in [0.3, 0.4) is 0 Å². The molecule has 0 aliphatic carbocycles. The molecule has 0 aliphatic heterocycles. The molecule has 0 aliphatic rings. The van der Waals surface area contributed by atoms with Gasteiger partial charge < -0.3 is 0 Å². The van der Waals surface area contributed by atoms with Crippen molar-refractivity contribution in [1.29, 1.82) is 0 Å². The molecular formula is C13H8Cl3I. The van der Waals surface area contributed by atoms with E-state index in [-0.39, 0.29) is 0 Å². The Balaban J connectivity index is 2.64. The highest BCUT2D eigenvalue weighted by Gasteiger charge is 2.11. The van der Waals surface area contributed by atoms with Crippen LogP contribution in [0.5, 0.6) is 0 Å². The van der Waals surface area contributed by atoms with Crippen LogP contribution in [-0.2, 0) is 0 Å². The van der Waals surface area contributed by atoms with Gasteiger partial charge in [-0.25, -0.2) is 0 Å². The summed E-state index contributed by atoms with van der Waals surface area (Å²) in [7, 11) is 0. The van der Waals surface area contributed by atoms with Gasteiger partial charge in [-0.15, -0.1) is 0 Å². The molecule has 0 N–H and O–H groups in total. The second-order valence-electron chi connectivity index (χ2n) is 3.74. The number of aryl methyl sites for hydroxylation is 1. The van der Waals surface area contributed by atoms with Gasteiger partial charge in [-0.1, -0.05) is 46.9 Å². The van der Waals surface area contributed by atoms with Crippen LogP contribution in [0.2, 0.25) is 15.1 Å². The fourth-order valence-electron chi connectivity index (χ4n) is 1.64. The van der Waals surface area contributed by atoms with Crippen LogP contribution in [-0.4, -0.2) is 0 Å². The fraction of sp³-hybridized carbons (Fsp3) is 0.0769. The molecule has 0 saturated carbocycles. The molecule has 2 rings (SSSR count). The lowest BCUT2D eigenvalue weighted by Crippen LogP contribution is -1.85. The summed E-state index contributed by atoms with van der Waals surface area (Å²) in [5, 5.41) is 1.38. The minimum Gasteiger partial charge on any atom is -0.0827 e. The van der Waals surface area contributed by atoms with Gasteiger partial charge in [0.15, 0.2) is 0 Å². The maximum atomic E-state index is 6.22. The summed E-state index contributed by atoms with van der Waals surface area (Å²) in [6, 6.07) is 9.91. The van der Waals surface area contributed by atoms with E-state index >= 15 is 0 Å². The third-order valence-corrected chi connectivity index (χ3v) is 4.30. The second kappa shape index (κ2) is 5.35. The van der Waals surface area contributed by atoms with Gasteiger partial charge in [0.1, 0.15) is 0 Å². The Kier molecular flexibility index (Phi) is 4.24. The largest absolute Gasteiger partial charge is 0.0827 e. The quantitative estimate of drug-likeness (QED) is 0.395. The maximum Gasteiger partial charge on any atom is 0.0784 e. The predicted octanol–water partition coefficient (Wildman–Crippen LogP) is 6.23. The van der Waals surface area contributed by atoms with Crippen molar-refractivity contribution in [1.82, 2.24) is 0 Å². The van der Waals surface area contributed by atoms with E-state index in [9.17, 15) is 0 Å². The van der Waals surface area contributed by atoms with E-state index in [1.54, 1.807) is 6.07 Å². The van der Waals surface area contributed by atoms with E-state index in [0.29, 0.717) is 15.1 Å². The van der Waals surface area contributed by atoms with Crippen molar-refractivity contribution in [3.63, 3.8) is 0 Å². The zero-order valence-electron chi connectivity index (χ0n) is 8.90. The zero-order chi connectivity index (χ0) is 12.6. The van der Waals surface area contributed by atoms with Crippen molar-refractivity contribution in [2.45, 2.75) is 6.92 Å². The summed E-state index contributed by atoms with van der Waals surface area (Å²) in [6.45, 7) is 2.05. The van der Waals surface area contributed by atoms with Crippen molar-refractivity contribution in [3.8, 4) is 11.1 Å². The average molecular weight is 397 g/mol. The van der Waals surface area contributed by atoms with Gasteiger partial charge in [-0.2, -0.15) is 0 Å². The van der Waals surface area contributed by atoms with Crippen molar-refractivity contribution in [3.05, 3.63) is 54.5 Å². The highest BCUT2D eigenvalue weighted by Crippen LogP contribution is 2.38. The summed E-state index contributed by atoms with van der Waals surface area (Å²) < 4.78 is 1.17. The Morgan fingerprint density at radius 2 is 1.65 bits per heavy atom. The van der Waals surface area contributed by atoms with Crippen LogP contribution >= 0.6 is 57.4 Å². The third-order valence-electron chi connectivity index (χ3n) is 2.39. The standard InChI is InChI=1S/C13H8Cl3I/c1-7-4-8(6-9(17)5-7)10-2-3-11(14)13(16)12(10)15/h2-6H,1H3. The van der Waals surface area contributed by atoms with Gasteiger partial charge in [-0.05, 0) is 58.8 Å². The SMILES string of the molecule is Cc1cc(I)cc(-c2ccc(Cl)c(Cl)c2Cl)c1. The van der Waals surface area contributed by atoms with E-state index in [4.69, 9.17) is 34.8 Å². The molecule has 2 aromatic carbocycles. The molecule has 0 unspecified atom stereocenters. The lowest BCUT2D eigenvalue weighted by molar-refractivity contribution is 1.44. The van der Waals surface area contributed by atoms with E-state index in [0.717, 1.165) is 11.1 Å².